The first-order chi connectivity index (χ1) is 11.6. The van der Waals surface area contributed by atoms with Crippen molar-refractivity contribution < 1.29 is 9.90 Å². The van der Waals surface area contributed by atoms with Gasteiger partial charge in [0.2, 0.25) is 5.12 Å². The molecule has 1 aliphatic rings. The maximum atomic E-state index is 13.1. The van der Waals surface area contributed by atoms with E-state index in [4.69, 9.17) is 0 Å². The molecule has 5 heteroatoms. The Balaban J connectivity index is 0.00000225. The van der Waals surface area contributed by atoms with Crippen LogP contribution in [0.15, 0.2) is 60.7 Å². The Hall–Kier alpha value is -1.33. The van der Waals surface area contributed by atoms with Gasteiger partial charge in [-0.1, -0.05) is 79.3 Å². The van der Waals surface area contributed by atoms with Gasteiger partial charge in [-0.25, -0.2) is 0 Å². The quantitative estimate of drug-likeness (QED) is 0.862. The second-order valence-corrected chi connectivity index (χ2v) is 7.42. The van der Waals surface area contributed by atoms with Crippen LogP contribution in [-0.2, 0) is 10.4 Å². The molecular weight excluding hydrogens is 354 g/mol. The lowest BCUT2D eigenvalue weighted by Crippen LogP contribution is -2.36. The third kappa shape index (κ3) is 4.26. The number of thioether (sulfide) groups is 1. The SMILES string of the molecule is CCN1CCC(SC(=O)C(O)(c2ccccc2)c2ccccc2)C1.Cl. The molecule has 0 aromatic heterocycles. The van der Waals surface area contributed by atoms with Gasteiger partial charge in [-0.15, -0.1) is 12.4 Å². The smallest absolute Gasteiger partial charge is 0.230 e. The number of halogens is 1. The summed E-state index contributed by atoms with van der Waals surface area (Å²) in [5, 5.41) is 11.5. The van der Waals surface area contributed by atoms with E-state index in [2.05, 4.69) is 11.8 Å². The van der Waals surface area contributed by atoms with Crippen LogP contribution in [0.3, 0.4) is 0 Å². The monoisotopic (exact) mass is 377 g/mol. The van der Waals surface area contributed by atoms with E-state index in [-0.39, 0.29) is 22.8 Å². The Labute approximate surface area is 159 Å². The molecule has 1 heterocycles. The molecule has 25 heavy (non-hydrogen) atoms. The normalized spacial score (nSPS) is 17.9. The molecule has 2 aromatic carbocycles. The van der Waals surface area contributed by atoms with E-state index in [1.807, 2.05) is 60.7 Å². The topological polar surface area (TPSA) is 40.5 Å². The lowest BCUT2D eigenvalue weighted by Gasteiger charge is -2.28. The number of rotatable bonds is 5. The number of carbonyl (C=O) groups is 1. The third-order valence-electron chi connectivity index (χ3n) is 4.63. The molecule has 2 aromatic rings. The van der Waals surface area contributed by atoms with E-state index in [0.717, 1.165) is 26.1 Å². The fourth-order valence-electron chi connectivity index (χ4n) is 3.18. The van der Waals surface area contributed by atoms with E-state index in [1.165, 1.54) is 11.8 Å². The lowest BCUT2D eigenvalue weighted by atomic mass is 9.87. The Morgan fingerprint density at radius 2 is 1.64 bits per heavy atom. The van der Waals surface area contributed by atoms with Crippen LogP contribution in [0.25, 0.3) is 0 Å². The number of hydrogen-bond acceptors (Lipinski definition) is 4. The number of hydrogen-bond donors (Lipinski definition) is 1. The van der Waals surface area contributed by atoms with Crippen LogP contribution in [-0.4, -0.2) is 40.0 Å². The summed E-state index contributed by atoms with van der Waals surface area (Å²) < 4.78 is 0. The zero-order valence-corrected chi connectivity index (χ0v) is 15.9. The average Bonchev–Trinajstić information content (AvgIpc) is 3.10. The highest BCUT2D eigenvalue weighted by molar-refractivity contribution is 8.14. The first kappa shape index (κ1) is 20.0. The number of carbonyl (C=O) groups excluding carboxylic acids is 1. The summed E-state index contributed by atoms with van der Waals surface area (Å²) >= 11 is 1.29. The number of likely N-dealkylation sites (tertiary alicyclic amines) is 1. The summed E-state index contributed by atoms with van der Waals surface area (Å²) in [7, 11) is 0. The van der Waals surface area contributed by atoms with Crippen molar-refractivity contribution in [2.45, 2.75) is 24.2 Å². The van der Waals surface area contributed by atoms with Gasteiger partial charge in [0.1, 0.15) is 0 Å². The molecule has 0 spiro atoms. The van der Waals surface area contributed by atoms with Crippen LogP contribution >= 0.6 is 24.2 Å². The van der Waals surface area contributed by atoms with Crippen molar-refractivity contribution in [3.8, 4) is 0 Å². The third-order valence-corrected chi connectivity index (χ3v) is 5.86. The molecule has 1 atom stereocenters. The first-order valence-electron chi connectivity index (χ1n) is 8.41. The van der Waals surface area contributed by atoms with Gasteiger partial charge in [-0.2, -0.15) is 0 Å². The van der Waals surface area contributed by atoms with Crippen molar-refractivity contribution in [3.05, 3.63) is 71.8 Å². The molecule has 0 saturated carbocycles. The van der Waals surface area contributed by atoms with Crippen LogP contribution < -0.4 is 0 Å². The minimum atomic E-state index is -1.60. The van der Waals surface area contributed by atoms with Crippen LogP contribution in [0, 0.1) is 0 Å². The summed E-state index contributed by atoms with van der Waals surface area (Å²) in [6, 6.07) is 18.5. The van der Waals surface area contributed by atoms with Crippen LogP contribution in [0.4, 0.5) is 0 Å². The number of aliphatic hydroxyl groups is 1. The molecule has 1 fully saturated rings. The van der Waals surface area contributed by atoms with Gasteiger partial charge in [0.05, 0.1) is 0 Å². The fourth-order valence-corrected chi connectivity index (χ4v) is 4.40. The summed E-state index contributed by atoms with van der Waals surface area (Å²) in [5.74, 6) is 0. The van der Waals surface area contributed by atoms with Crippen molar-refractivity contribution in [1.82, 2.24) is 4.90 Å². The summed E-state index contributed by atoms with van der Waals surface area (Å²) in [4.78, 5) is 15.5. The van der Waals surface area contributed by atoms with Crippen LogP contribution in [0.1, 0.15) is 24.5 Å². The van der Waals surface area contributed by atoms with Gasteiger partial charge in [0.25, 0.3) is 0 Å². The Bertz CT molecular complexity index is 641. The maximum Gasteiger partial charge on any atom is 0.230 e. The summed E-state index contributed by atoms with van der Waals surface area (Å²) in [6.07, 6.45) is 0.990. The van der Waals surface area contributed by atoms with Crippen LogP contribution in [0.5, 0.6) is 0 Å². The van der Waals surface area contributed by atoms with Crippen molar-refractivity contribution in [2.24, 2.45) is 0 Å². The van der Waals surface area contributed by atoms with Crippen molar-refractivity contribution in [3.63, 3.8) is 0 Å². The minimum Gasteiger partial charge on any atom is -0.372 e. The molecule has 3 rings (SSSR count). The standard InChI is InChI=1S/C20H23NO2S.ClH/c1-2-21-14-13-18(15-21)24-19(22)20(23,16-9-5-3-6-10-16)17-11-7-4-8-12-17;/h3-12,18,23H,2,13-15H2,1H3;1H. The predicted octanol–water partition coefficient (Wildman–Crippen LogP) is 3.70. The number of nitrogens with zero attached hydrogens (tertiary/aromatic N) is 1. The molecule has 134 valence electrons. The average molecular weight is 378 g/mol. The van der Waals surface area contributed by atoms with Gasteiger partial charge < -0.3 is 10.0 Å². The van der Waals surface area contributed by atoms with E-state index in [0.29, 0.717) is 11.1 Å². The first-order valence-corrected chi connectivity index (χ1v) is 9.29. The van der Waals surface area contributed by atoms with E-state index in [1.54, 1.807) is 0 Å². The molecule has 0 bridgehead atoms. The van der Waals surface area contributed by atoms with Gasteiger partial charge >= 0.3 is 0 Å². The maximum absolute atomic E-state index is 13.1. The molecule has 0 aliphatic carbocycles. The highest BCUT2D eigenvalue weighted by Crippen LogP contribution is 2.37. The lowest BCUT2D eigenvalue weighted by molar-refractivity contribution is -0.124. The molecule has 3 nitrogen and oxygen atoms in total. The fraction of sp³-hybridized carbons (Fsp3) is 0.350. The molecule has 0 amide bonds. The second kappa shape index (κ2) is 8.86. The molecular formula is C20H24ClNO2S. The van der Waals surface area contributed by atoms with Crippen molar-refractivity contribution in [2.75, 3.05) is 19.6 Å². The zero-order valence-electron chi connectivity index (χ0n) is 14.3. The van der Waals surface area contributed by atoms with Crippen molar-refractivity contribution in [1.29, 1.82) is 0 Å². The Morgan fingerprint density at radius 1 is 1.12 bits per heavy atom. The highest BCUT2D eigenvalue weighted by Gasteiger charge is 2.41. The number of benzene rings is 2. The Kier molecular flexibility index (Phi) is 7.08. The summed E-state index contributed by atoms with van der Waals surface area (Å²) in [6.45, 7) is 5.08. The van der Waals surface area contributed by atoms with E-state index >= 15 is 0 Å². The van der Waals surface area contributed by atoms with E-state index in [9.17, 15) is 9.90 Å². The van der Waals surface area contributed by atoms with E-state index < -0.39 is 5.60 Å². The van der Waals surface area contributed by atoms with Gasteiger partial charge in [-0.3, -0.25) is 4.79 Å². The molecule has 1 N–H and O–H groups in total. The molecule has 1 aliphatic heterocycles. The summed E-state index contributed by atoms with van der Waals surface area (Å²) in [5.41, 5.74) is -0.356. The van der Waals surface area contributed by atoms with Gasteiger partial charge in [0.15, 0.2) is 5.60 Å². The minimum absolute atomic E-state index is 0. The zero-order chi connectivity index (χ0) is 17.0. The molecule has 0 radical (unpaired) electrons. The Morgan fingerprint density at radius 3 is 2.08 bits per heavy atom. The largest absolute Gasteiger partial charge is 0.372 e. The highest BCUT2D eigenvalue weighted by atomic mass is 35.5. The van der Waals surface area contributed by atoms with Gasteiger partial charge in [-0.05, 0) is 30.6 Å². The molecule has 1 saturated heterocycles. The molecule has 1 unspecified atom stereocenters. The van der Waals surface area contributed by atoms with Crippen LogP contribution in [0.2, 0.25) is 0 Å². The van der Waals surface area contributed by atoms with Crippen molar-refractivity contribution >= 4 is 29.3 Å². The predicted molar refractivity (Wildman–Crippen MR) is 106 cm³/mol. The second-order valence-electron chi connectivity index (χ2n) is 6.15. The van der Waals surface area contributed by atoms with Gasteiger partial charge in [0, 0.05) is 11.8 Å².